The first-order valence-electron chi connectivity index (χ1n) is 3.43. The lowest BCUT2D eigenvalue weighted by Crippen LogP contribution is -1.89. The lowest BCUT2D eigenvalue weighted by Gasteiger charge is -2.01. The maximum absolute atomic E-state index is 2.38. The van der Waals surface area contributed by atoms with Crippen molar-refractivity contribution >= 4 is 0 Å². The first kappa shape index (κ1) is 5.87. The molecule has 0 nitrogen and oxygen atoms in total. The normalized spacial score (nSPS) is 26.9. The van der Waals surface area contributed by atoms with Crippen molar-refractivity contribution in [3.63, 3.8) is 0 Å². The molecule has 0 aromatic rings. The molecule has 1 aliphatic rings. The van der Waals surface area contributed by atoms with Gasteiger partial charge in [0.15, 0.2) is 0 Å². The lowest BCUT2D eigenvalue weighted by atomic mass is 10.0. The van der Waals surface area contributed by atoms with E-state index < -0.39 is 0 Å². The van der Waals surface area contributed by atoms with Crippen LogP contribution in [-0.2, 0) is 0 Å². The number of allylic oxidation sites excluding steroid dienone is 2. The van der Waals surface area contributed by atoms with Gasteiger partial charge in [-0.3, -0.25) is 0 Å². The van der Waals surface area contributed by atoms with E-state index in [9.17, 15) is 0 Å². The quantitative estimate of drug-likeness (QED) is 0.478. The van der Waals surface area contributed by atoms with Crippen LogP contribution in [-0.4, -0.2) is 0 Å². The van der Waals surface area contributed by atoms with Crippen molar-refractivity contribution in [1.82, 2.24) is 0 Å². The smallest absolute Gasteiger partial charge is 0.0199 e. The van der Waals surface area contributed by atoms with Gasteiger partial charge in [0.05, 0.1) is 0 Å². The first-order chi connectivity index (χ1) is 3.93. The largest absolute Gasteiger partial charge is 0.0879 e. The lowest BCUT2D eigenvalue weighted by molar-refractivity contribution is 0.661. The van der Waals surface area contributed by atoms with Crippen molar-refractivity contribution in [2.45, 2.75) is 26.2 Å². The van der Waals surface area contributed by atoms with Crippen molar-refractivity contribution in [3.8, 4) is 0 Å². The topological polar surface area (TPSA) is 0 Å². The van der Waals surface area contributed by atoms with Crippen LogP contribution in [0, 0.1) is 12.3 Å². The van der Waals surface area contributed by atoms with Gasteiger partial charge in [0.1, 0.15) is 0 Å². The summed E-state index contributed by atoms with van der Waals surface area (Å²) in [6.45, 7) is 2.24. The van der Waals surface area contributed by atoms with Crippen LogP contribution in [0.3, 0.4) is 0 Å². The predicted octanol–water partition coefficient (Wildman–Crippen LogP) is 2.57. The van der Waals surface area contributed by atoms with Gasteiger partial charge in [-0.25, -0.2) is 0 Å². The second kappa shape index (κ2) is 2.91. The zero-order valence-electron chi connectivity index (χ0n) is 5.43. The molecule has 0 aromatic carbocycles. The van der Waals surface area contributed by atoms with E-state index in [4.69, 9.17) is 0 Å². The fourth-order valence-corrected chi connectivity index (χ4v) is 1.13. The fourth-order valence-electron chi connectivity index (χ4n) is 1.13. The van der Waals surface area contributed by atoms with Gasteiger partial charge in [-0.05, 0) is 25.2 Å². The van der Waals surface area contributed by atoms with Crippen molar-refractivity contribution in [1.29, 1.82) is 0 Å². The van der Waals surface area contributed by atoms with E-state index in [1.807, 2.05) is 0 Å². The molecule has 1 radical (unpaired) electrons. The van der Waals surface area contributed by atoms with Gasteiger partial charge in [0.2, 0.25) is 0 Å². The minimum Gasteiger partial charge on any atom is -0.0879 e. The Balaban J connectivity index is 2.16. The molecule has 0 heterocycles. The maximum atomic E-state index is 2.38. The van der Waals surface area contributed by atoms with Crippen molar-refractivity contribution in [2.75, 3.05) is 0 Å². The van der Waals surface area contributed by atoms with Crippen LogP contribution in [0.5, 0.6) is 0 Å². The second-order valence-electron chi connectivity index (χ2n) is 2.35. The molecule has 0 saturated carbocycles. The summed E-state index contributed by atoms with van der Waals surface area (Å²) >= 11 is 0. The summed E-state index contributed by atoms with van der Waals surface area (Å²) in [4.78, 5) is 0. The maximum Gasteiger partial charge on any atom is -0.0199 e. The SMILES string of the molecule is CCCC1[CH]CC=C1. The molecule has 0 N–H and O–H groups in total. The van der Waals surface area contributed by atoms with E-state index in [-0.39, 0.29) is 0 Å². The monoisotopic (exact) mass is 109 g/mol. The van der Waals surface area contributed by atoms with Gasteiger partial charge in [0, 0.05) is 0 Å². The summed E-state index contributed by atoms with van der Waals surface area (Å²) in [5.41, 5.74) is 0. The molecule has 0 aliphatic heterocycles. The van der Waals surface area contributed by atoms with Crippen LogP contribution in [0.2, 0.25) is 0 Å². The van der Waals surface area contributed by atoms with Crippen molar-refractivity contribution in [2.24, 2.45) is 5.92 Å². The Morgan fingerprint density at radius 1 is 1.62 bits per heavy atom. The molecule has 45 valence electrons. The van der Waals surface area contributed by atoms with Crippen LogP contribution in [0.25, 0.3) is 0 Å². The van der Waals surface area contributed by atoms with E-state index in [1.54, 1.807) is 0 Å². The predicted molar refractivity (Wildman–Crippen MR) is 36.5 cm³/mol. The average Bonchev–Trinajstić information content (AvgIpc) is 2.19. The van der Waals surface area contributed by atoms with Crippen LogP contribution >= 0.6 is 0 Å². The van der Waals surface area contributed by atoms with Crippen molar-refractivity contribution < 1.29 is 0 Å². The molecule has 0 heteroatoms. The van der Waals surface area contributed by atoms with Gasteiger partial charge in [0.25, 0.3) is 0 Å². The minimum absolute atomic E-state index is 0.806. The van der Waals surface area contributed by atoms with E-state index in [0.29, 0.717) is 0 Å². The average molecular weight is 109 g/mol. The Bertz CT molecular complexity index is 82.0. The molecule has 0 saturated heterocycles. The minimum atomic E-state index is 0.806. The summed E-state index contributed by atoms with van der Waals surface area (Å²) in [7, 11) is 0. The Hall–Kier alpha value is -0.260. The van der Waals surface area contributed by atoms with Crippen molar-refractivity contribution in [3.05, 3.63) is 18.6 Å². The molecule has 8 heavy (non-hydrogen) atoms. The third-order valence-corrected chi connectivity index (χ3v) is 1.58. The first-order valence-corrected chi connectivity index (χ1v) is 3.43. The molecule has 0 spiro atoms. The Kier molecular flexibility index (Phi) is 2.13. The molecule has 0 aromatic heterocycles. The Labute approximate surface area is 51.6 Å². The van der Waals surface area contributed by atoms with Crippen LogP contribution < -0.4 is 0 Å². The highest BCUT2D eigenvalue weighted by atomic mass is 14.1. The highest BCUT2D eigenvalue weighted by Crippen LogP contribution is 2.19. The molecule has 0 bridgehead atoms. The molecule has 0 amide bonds. The van der Waals surface area contributed by atoms with Crippen LogP contribution in [0.4, 0.5) is 0 Å². The van der Waals surface area contributed by atoms with Gasteiger partial charge in [-0.1, -0.05) is 25.5 Å². The highest BCUT2D eigenvalue weighted by molar-refractivity contribution is 5.05. The standard InChI is InChI=1S/C8H13/c1-2-5-8-6-3-4-7-8/h3,6-8H,2,4-5H2,1H3. The molecule has 1 aliphatic carbocycles. The third-order valence-electron chi connectivity index (χ3n) is 1.58. The van der Waals surface area contributed by atoms with Gasteiger partial charge < -0.3 is 0 Å². The Morgan fingerprint density at radius 3 is 3.00 bits per heavy atom. The number of hydrogen-bond acceptors (Lipinski definition) is 0. The van der Waals surface area contributed by atoms with Gasteiger partial charge >= 0.3 is 0 Å². The third kappa shape index (κ3) is 1.36. The summed E-state index contributed by atoms with van der Waals surface area (Å²) in [6, 6.07) is 0. The zero-order valence-corrected chi connectivity index (χ0v) is 5.43. The van der Waals surface area contributed by atoms with E-state index >= 15 is 0 Å². The summed E-state index contributed by atoms with van der Waals surface area (Å²) in [5.74, 6) is 0.806. The van der Waals surface area contributed by atoms with E-state index in [2.05, 4.69) is 25.5 Å². The Morgan fingerprint density at radius 2 is 2.50 bits per heavy atom. The van der Waals surface area contributed by atoms with E-state index in [0.717, 1.165) is 5.92 Å². The summed E-state index contributed by atoms with van der Waals surface area (Å²) in [6.07, 6.45) is 10.8. The fraction of sp³-hybridized carbons (Fsp3) is 0.625. The van der Waals surface area contributed by atoms with Crippen LogP contribution in [0.15, 0.2) is 12.2 Å². The zero-order chi connectivity index (χ0) is 5.82. The molecular formula is C8H13. The molecule has 1 atom stereocenters. The summed E-state index contributed by atoms with van der Waals surface area (Å²) in [5, 5.41) is 0. The number of hydrogen-bond donors (Lipinski definition) is 0. The van der Waals surface area contributed by atoms with Gasteiger partial charge in [-0.2, -0.15) is 0 Å². The number of rotatable bonds is 2. The highest BCUT2D eigenvalue weighted by Gasteiger charge is 2.06. The van der Waals surface area contributed by atoms with Gasteiger partial charge in [-0.15, -0.1) is 0 Å². The second-order valence-corrected chi connectivity index (χ2v) is 2.35. The van der Waals surface area contributed by atoms with Crippen LogP contribution in [0.1, 0.15) is 26.2 Å². The van der Waals surface area contributed by atoms with E-state index in [1.165, 1.54) is 19.3 Å². The molecule has 1 unspecified atom stereocenters. The molecule has 1 rings (SSSR count). The molecular weight excluding hydrogens is 96.1 g/mol. The molecule has 0 fully saturated rings. The summed E-state index contributed by atoms with van der Waals surface area (Å²) < 4.78 is 0.